The fourth-order valence-corrected chi connectivity index (χ4v) is 1.63. The molecule has 6 heteroatoms. The Morgan fingerprint density at radius 3 is 3.06 bits per heavy atom. The summed E-state index contributed by atoms with van der Waals surface area (Å²) in [5.41, 5.74) is 1.85. The largest absolute Gasteiger partial charge is 0.394 e. The predicted octanol–water partition coefficient (Wildman–Crippen LogP) is 0.516. The van der Waals surface area contributed by atoms with Crippen molar-refractivity contribution >= 4 is 0 Å². The molecule has 2 heterocycles. The van der Waals surface area contributed by atoms with Crippen molar-refractivity contribution in [2.24, 2.45) is 0 Å². The first-order valence-corrected chi connectivity index (χ1v) is 5.94. The molecule has 0 saturated heterocycles. The van der Waals surface area contributed by atoms with Crippen LogP contribution in [0, 0.1) is 0 Å². The maximum atomic E-state index is 8.78. The van der Waals surface area contributed by atoms with Gasteiger partial charge in [-0.2, -0.15) is 0 Å². The Kier molecular flexibility index (Phi) is 4.38. The number of rotatable bonds is 6. The van der Waals surface area contributed by atoms with Crippen LogP contribution >= 0.6 is 0 Å². The molecule has 0 radical (unpaired) electrons. The Bertz CT molecular complexity index is 470. The van der Waals surface area contributed by atoms with Crippen molar-refractivity contribution in [2.75, 3.05) is 6.61 Å². The normalized spacial score (nSPS) is 12.6. The van der Waals surface area contributed by atoms with Crippen molar-refractivity contribution < 1.29 is 5.11 Å². The van der Waals surface area contributed by atoms with Crippen LogP contribution in [0.3, 0.4) is 0 Å². The van der Waals surface area contributed by atoms with Crippen LogP contribution in [-0.4, -0.2) is 31.7 Å². The first-order chi connectivity index (χ1) is 8.79. The summed E-state index contributed by atoms with van der Waals surface area (Å²) in [5.74, 6) is 0. The van der Waals surface area contributed by atoms with Crippen molar-refractivity contribution in [3.63, 3.8) is 0 Å². The molecule has 0 aliphatic heterocycles. The summed E-state index contributed by atoms with van der Waals surface area (Å²) in [5, 5.41) is 20.0. The van der Waals surface area contributed by atoms with Crippen LogP contribution in [-0.2, 0) is 13.1 Å². The molecule has 0 aliphatic carbocycles. The molecule has 0 fully saturated rings. The maximum Gasteiger partial charge on any atom is 0.0965 e. The highest BCUT2D eigenvalue weighted by Gasteiger charge is 2.07. The zero-order valence-corrected chi connectivity index (χ0v) is 10.3. The minimum absolute atomic E-state index is 0.0700. The van der Waals surface area contributed by atoms with Crippen molar-refractivity contribution in [3.05, 3.63) is 42.0 Å². The van der Waals surface area contributed by atoms with Gasteiger partial charge in [0.05, 0.1) is 24.5 Å². The van der Waals surface area contributed by atoms with E-state index in [2.05, 4.69) is 27.5 Å². The van der Waals surface area contributed by atoms with Gasteiger partial charge in [-0.3, -0.25) is 4.98 Å². The van der Waals surface area contributed by atoms with Crippen LogP contribution in [0.25, 0.3) is 0 Å². The van der Waals surface area contributed by atoms with Crippen LogP contribution in [0.4, 0.5) is 0 Å². The second-order valence-corrected chi connectivity index (χ2v) is 4.05. The SMILES string of the molecule is C[C@@H](NCc1cn(CCO)nn1)c1ccccn1. The van der Waals surface area contributed by atoms with Gasteiger partial charge in [-0.25, -0.2) is 4.68 Å². The lowest BCUT2D eigenvalue weighted by molar-refractivity contribution is 0.268. The molecule has 0 aromatic carbocycles. The summed E-state index contributed by atoms with van der Waals surface area (Å²) in [7, 11) is 0. The van der Waals surface area contributed by atoms with Gasteiger partial charge in [0.1, 0.15) is 0 Å². The van der Waals surface area contributed by atoms with E-state index in [1.807, 2.05) is 24.4 Å². The highest BCUT2D eigenvalue weighted by atomic mass is 16.3. The molecule has 2 aromatic heterocycles. The number of aliphatic hydroxyl groups is 1. The van der Waals surface area contributed by atoms with Gasteiger partial charge < -0.3 is 10.4 Å². The number of hydrogen-bond acceptors (Lipinski definition) is 5. The van der Waals surface area contributed by atoms with Crippen molar-refractivity contribution in [2.45, 2.75) is 26.1 Å². The van der Waals surface area contributed by atoms with Gasteiger partial charge in [0.25, 0.3) is 0 Å². The Hall–Kier alpha value is -1.79. The third kappa shape index (κ3) is 3.35. The lowest BCUT2D eigenvalue weighted by Crippen LogP contribution is -2.19. The van der Waals surface area contributed by atoms with Crippen LogP contribution in [0.5, 0.6) is 0 Å². The van der Waals surface area contributed by atoms with Gasteiger partial charge >= 0.3 is 0 Å². The summed E-state index contributed by atoms with van der Waals surface area (Å²) in [6, 6.07) is 6.02. The first-order valence-electron chi connectivity index (χ1n) is 5.94. The Labute approximate surface area is 106 Å². The fraction of sp³-hybridized carbons (Fsp3) is 0.417. The molecule has 2 N–H and O–H groups in total. The summed E-state index contributed by atoms with van der Waals surface area (Å²) in [4.78, 5) is 4.29. The second-order valence-electron chi connectivity index (χ2n) is 4.05. The molecule has 0 spiro atoms. The lowest BCUT2D eigenvalue weighted by Gasteiger charge is -2.11. The standard InChI is InChI=1S/C12H17N5O/c1-10(12-4-2-3-5-13-12)14-8-11-9-17(6-7-18)16-15-11/h2-5,9-10,14,18H,6-8H2,1H3/t10-/m1/s1. The van der Waals surface area contributed by atoms with Gasteiger partial charge in [-0.15, -0.1) is 5.10 Å². The highest BCUT2D eigenvalue weighted by molar-refractivity contribution is 5.08. The fourth-order valence-electron chi connectivity index (χ4n) is 1.63. The van der Waals surface area contributed by atoms with Gasteiger partial charge in [-0.05, 0) is 19.1 Å². The van der Waals surface area contributed by atoms with Crippen LogP contribution < -0.4 is 5.32 Å². The molecule has 6 nitrogen and oxygen atoms in total. The molecular formula is C12H17N5O. The van der Waals surface area contributed by atoms with E-state index in [9.17, 15) is 0 Å². The topological polar surface area (TPSA) is 75.9 Å². The van der Waals surface area contributed by atoms with E-state index in [4.69, 9.17) is 5.11 Å². The van der Waals surface area contributed by atoms with Gasteiger partial charge in [0, 0.05) is 25.0 Å². The molecule has 96 valence electrons. The third-order valence-corrected chi connectivity index (χ3v) is 2.64. The zero-order valence-electron chi connectivity index (χ0n) is 10.3. The van der Waals surface area contributed by atoms with Crippen molar-refractivity contribution in [1.82, 2.24) is 25.3 Å². The molecule has 0 amide bonds. The molecule has 0 unspecified atom stereocenters. The molecule has 0 saturated carbocycles. The van der Waals surface area contributed by atoms with Crippen molar-refractivity contribution in [1.29, 1.82) is 0 Å². The lowest BCUT2D eigenvalue weighted by atomic mass is 10.2. The van der Waals surface area contributed by atoms with Crippen LogP contribution in [0.1, 0.15) is 24.4 Å². The van der Waals surface area contributed by atoms with E-state index in [0.717, 1.165) is 11.4 Å². The molecule has 18 heavy (non-hydrogen) atoms. The van der Waals surface area contributed by atoms with E-state index < -0.39 is 0 Å². The van der Waals surface area contributed by atoms with E-state index in [1.165, 1.54) is 0 Å². The molecule has 2 aromatic rings. The summed E-state index contributed by atoms with van der Waals surface area (Å²) in [6.07, 6.45) is 3.61. The second kappa shape index (κ2) is 6.23. The van der Waals surface area contributed by atoms with Crippen molar-refractivity contribution in [3.8, 4) is 0 Å². The van der Waals surface area contributed by atoms with Gasteiger partial charge in [0.15, 0.2) is 0 Å². The van der Waals surface area contributed by atoms with Crippen LogP contribution in [0.2, 0.25) is 0 Å². The molecule has 2 rings (SSSR count). The van der Waals surface area contributed by atoms with E-state index in [1.54, 1.807) is 10.9 Å². The Balaban J connectivity index is 1.87. The minimum Gasteiger partial charge on any atom is -0.394 e. The summed E-state index contributed by atoms with van der Waals surface area (Å²) < 4.78 is 1.63. The number of pyridine rings is 1. The number of hydrogen-bond donors (Lipinski definition) is 2. The van der Waals surface area contributed by atoms with Crippen LogP contribution in [0.15, 0.2) is 30.6 Å². The maximum absolute atomic E-state index is 8.78. The Morgan fingerprint density at radius 1 is 1.44 bits per heavy atom. The molecular weight excluding hydrogens is 230 g/mol. The predicted molar refractivity (Wildman–Crippen MR) is 66.6 cm³/mol. The minimum atomic E-state index is 0.0700. The Morgan fingerprint density at radius 2 is 2.33 bits per heavy atom. The molecule has 1 atom stereocenters. The highest BCUT2D eigenvalue weighted by Crippen LogP contribution is 2.08. The molecule has 0 bridgehead atoms. The number of nitrogens with one attached hydrogen (secondary N) is 1. The third-order valence-electron chi connectivity index (χ3n) is 2.64. The van der Waals surface area contributed by atoms with E-state index in [-0.39, 0.29) is 12.6 Å². The summed E-state index contributed by atoms with van der Waals surface area (Å²) >= 11 is 0. The van der Waals surface area contributed by atoms with E-state index in [0.29, 0.717) is 13.1 Å². The monoisotopic (exact) mass is 247 g/mol. The molecule has 0 aliphatic rings. The number of aliphatic hydroxyl groups excluding tert-OH is 1. The zero-order chi connectivity index (χ0) is 12.8. The quantitative estimate of drug-likeness (QED) is 0.778. The summed E-state index contributed by atoms with van der Waals surface area (Å²) in [6.45, 7) is 3.23. The average molecular weight is 247 g/mol. The smallest absolute Gasteiger partial charge is 0.0965 e. The number of nitrogens with zero attached hydrogens (tertiary/aromatic N) is 4. The first kappa shape index (κ1) is 12.7. The van der Waals surface area contributed by atoms with Gasteiger partial charge in [0.2, 0.25) is 0 Å². The van der Waals surface area contributed by atoms with E-state index >= 15 is 0 Å². The average Bonchev–Trinajstić information content (AvgIpc) is 2.85. The number of aromatic nitrogens is 4. The van der Waals surface area contributed by atoms with Gasteiger partial charge in [-0.1, -0.05) is 11.3 Å².